The minimum atomic E-state index is -0.307. The molecule has 1 spiro atoms. The Morgan fingerprint density at radius 1 is 0.683 bits per heavy atom. The third-order valence-corrected chi connectivity index (χ3v) is 9.74. The van der Waals surface area contributed by atoms with Crippen LogP contribution < -0.4 is 4.90 Å². The Bertz CT molecular complexity index is 1760. The topological polar surface area (TPSA) is 3.24 Å². The molecule has 1 nitrogen and oxygen atoms in total. The first kappa shape index (κ1) is 24.4. The fourth-order valence-corrected chi connectivity index (χ4v) is 7.85. The number of rotatable bonds is 3. The van der Waals surface area contributed by atoms with E-state index in [0.717, 1.165) is 25.7 Å². The second-order valence-corrected chi connectivity index (χ2v) is 12.1. The molecule has 41 heavy (non-hydrogen) atoms. The van der Waals surface area contributed by atoms with Crippen LogP contribution in [-0.2, 0) is 5.41 Å². The maximum atomic E-state index is 2.55. The van der Waals surface area contributed by atoms with Crippen molar-refractivity contribution in [1.82, 2.24) is 0 Å². The Labute approximate surface area is 243 Å². The van der Waals surface area contributed by atoms with Crippen LogP contribution in [0.25, 0.3) is 11.1 Å². The van der Waals surface area contributed by atoms with Crippen LogP contribution in [0.1, 0.15) is 67.3 Å². The third kappa shape index (κ3) is 3.48. The van der Waals surface area contributed by atoms with Gasteiger partial charge in [-0.3, -0.25) is 0 Å². The van der Waals surface area contributed by atoms with Crippen molar-refractivity contribution in [2.24, 2.45) is 5.92 Å². The number of allylic oxidation sites excluding steroid dienone is 8. The fraction of sp³-hybridized carbons (Fsp3) is 0.200. The predicted molar refractivity (Wildman–Crippen MR) is 173 cm³/mol. The van der Waals surface area contributed by atoms with E-state index in [1.807, 2.05) is 0 Å². The summed E-state index contributed by atoms with van der Waals surface area (Å²) < 4.78 is 0. The Kier molecular flexibility index (Phi) is 5.57. The number of hydrogen-bond donors (Lipinski definition) is 0. The first-order chi connectivity index (χ1) is 20.2. The lowest BCUT2D eigenvalue weighted by Crippen LogP contribution is -2.37. The molecule has 0 atom stereocenters. The summed E-state index contributed by atoms with van der Waals surface area (Å²) in [6, 6.07) is 36.5. The van der Waals surface area contributed by atoms with Gasteiger partial charge in [0.1, 0.15) is 0 Å². The van der Waals surface area contributed by atoms with Crippen molar-refractivity contribution < 1.29 is 0 Å². The van der Waals surface area contributed by atoms with Crippen molar-refractivity contribution in [3.05, 3.63) is 160 Å². The highest BCUT2D eigenvalue weighted by Gasteiger charge is 2.52. The van der Waals surface area contributed by atoms with Crippen LogP contribution in [0.15, 0.2) is 133 Å². The van der Waals surface area contributed by atoms with E-state index in [2.05, 4.69) is 140 Å². The number of para-hydroxylation sites is 3. The monoisotopic (exact) mass is 529 g/mol. The van der Waals surface area contributed by atoms with Crippen molar-refractivity contribution in [2.75, 3.05) is 4.90 Å². The average Bonchev–Trinajstić information content (AvgIpc) is 3.32. The van der Waals surface area contributed by atoms with E-state index in [9.17, 15) is 0 Å². The number of fused-ring (bicyclic) bond motifs is 8. The summed E-state index contributed by atoms with van der Waals surface area (Å²) in [6.45, 7) is 4.62. The fourth-order valence-electron chi connectivity index (χ4n) is 7.85. The van der Waals surface area contributed by atoms with Gasteiger partial charge >= 0.3 is 0 Å². The van der Waals surface area contributed by atoms with Crippen LogP contribution in [0.5, 0.6) is 0 Å². The van der Waals surface area contributed by atoms with E-state index < -0.39 is 0 Å². The van der Waals surface area contributed by atoms with Gasteiger partial charge in [-0.05, 0) is 106 Å². The van der Waals surface area contributed by atoms with Crippen molar-refractivity contribution in [3.8, 4) is 0 Å². The molecule has 8 rings (SSSR count). The Hall–Kier alpha value is -4.36. The molecule has 4 aromatic carbocycles. The van der Waals surface area contributed by atoms with E-state index in [1.165, 1.54) is 56.0 Å². The van der Waals surface area contributed by atoms with Gasteiger partial charge in [-0.2, -0.15) is 0 Å². The largest absolute Gasteiger partial charge is 0.310 e. The third-order valence-electron chi connectivity index (χ3n) is 9.74. The van der Waals surface area contributed by atoms with E-state index >= 15 is 0 Å². The lowest BCUT2D eigenvalue weighted by Gasteiger charge is -2.46. The minimum absolute atomic E-state index is 0.307. The van der Waals surface area contributed by atoms with Gasteiger partial charge in [-0.25, -0.2) is 0 Å². The maximum absolute atomic E-state index is 2.55. The average molecular weight is 530 g/mol. The molecule has 0 N–H and O–H groups in total. The smallest absolute Gasteiger partial charge is 0.0717 e. The molecular weight excluding hydrogens is 494 g/mol. The SMILES string of the molecule is CC(C)C1=CC=C(c2ccc3c(c2)C2(C4=C3C=CCC4)c3ccccc3N(c3ccccc3)c3ccccc32)CC1. The lowest BCUT2D eigenvalue weighted by atomic mass is 9.62. The van der Waals surface area contributed by atoms with Gasteiger partial charge < -0.3 is 4.90 Å². The predicted octanol–water partition coefficient (Wildman–Crippen LogP) is 10.7. The van der Waals surface area contributed by atoms with Crippen LogP contribution in [0.3, 0.4) is 0 Å². The molecule has 200 valence electrons. The highest BCUT2D eigenvalue weighted by molar-refractivity contribution is 5.98. The normalized spacial score (nSPS) is 18.1. The summed E-state index contributed by atoms with van der Waals surface area (Å²) in [6.07, 6.45) is 14.0. The zero-order valence-corrected chi connectivity index (χ0v) is 23.9. The minimum Gasteiger partial charge on any atom is -0.310 e. The highest BCUT2D eigenvalue weighted by atomic mass is 15.2. The second-order valence-electron chi connectivity index (χ2n) is 12.1. The van der Waals surface area contributed by atoms with Gasteiger partial charge in [0.25, 0.3) is 0 Å². The lowest BCUT2D eigenvalue weighted by molar-refractivity contribution is 0.686. The van der Waals surface area contributed by atoms with Gasteiger partial charge in [-0.1, -0.05) is 110 Å². The first-order valence-electron chi connectivity index (χ1n) is 15.2. The number of anilines is 3. The molecule has 1 heteroatoms. The van der Waals surface area contributed by atoms with Crippen LogP contribution in [0, 0.1) is 5.92 Å². The Morgan fingerprint density at radius 3 is 2.07 bits per heavy atom. The molecule has 0 fully saturated rings. The summed E-state index contributed by atoms with van der Waals surface area (Å²) in [4.78, 5) is 2.47. The summed E-state index contributed by atoms with van der Waals surface area (Å²) in [7, 11) is 0. The number of nitrogens with zero attached hydrogens (tertiary/aromatic N) is 1. The molecule has 4 aliphatic rings. The first-order valence-corrected chi connectivity index (χ1v) is 15.2. The molecule has 0 amide bonds. The molecule has 0 unspecified atom stereocenters. The van der Waals surface area contributed by atoms with E-state index in [-0.39, 0.29) is 5.41 Å². The maximum Gasteiger partial charge on any atom is 0.0717 e. The van der Waals surface area contributed by atoms with Gasteiger partial charge in [-0.15, -0.1) is 0 Å². The molecule has 0 bridgehead atoms. The molecule has 4 aromatic rings. The molecule has 1 heterocycles. The standard InChI is InChI=1S/C40H35N/c1-27(2)28-20-22-29(23-21-28)30-24-25-33-32-14-6-7-15-34(32)40(37(33)26-30)35-16-8-10-18-38(35)41(31-12-4-3-5-13-31)39-19-11-9-17-36(39)40/h3-6,8-14,16-20,22,24-27H,7,15,21,23H2,1-2H3. The summed E-state index contributed by atoms with van der Waals surface area (Å²) in [5, 5.41) is 0. The van der Waals surface area contributed by atoms with E-state index in [0.29, 0.717) is 5.92 Å². The second kappa shape index (κ2) is 9.35. The highest BCUT2D eigenvalue weighted by Crippen LogP contribution is 2.64. The molecular formula is C40H35N. The Morgan fingerprint density at radius 2 is 1.39 bits per heavy atom. The Balaban J connectivity index is 1.42. The van der Waals surface area contributed by atoms with E-state index in [1.54, 1.807) is 11.1 Å². The van der Waals surface area contributed by atoms with Gasteiger partial charge in [0.15, 0.2) is 0 Å². The van der Waals surface area contributed by atoms with Gasteiger partial charge in [0.05, 0.1) is 16.8 Å². The molecule has 0 aromatic heterocycles. The summed E-state index contributed by atoms with van der Waals surface area (Å²) in [5.41, 5.74) is 16.4. The van der Waals surface area contributed by atoms with Crippen LogP contribution in [0.2, 0.25) is 0 Å². The van der Waals surface area contributed by atoms with Crippen molar-refractivity contribution in [3.63, 3.8) is 0 Å². The summed E-state index contributed by atoms with van der Waals surface area (Å²) in [5.74, 6) is 0.613. The quantitative estimate of drug-likeness (QED) is 0.255. The molecule has 3 aliphatic carbocycles. The van der Waals surface area contributed by atoms with Crippen LogP contribution in [-0.4, -0.2) is 0 Å². The molecule has 1 aliphatic heterocycles. The molecule has 0 saturated carbocycles. The van der Waals surface area contributed by atoms with Crippen molar-refractivity contribution in [2.45, 2.75) is 44.9 Å². The summed E-state index contributed by atoms with van der Waals surface area (Å²) >= 11 is 0. The van der Waals surface area contributed by atoms with Crippen LogP contribution >= 0.6 is 0 Å². The van der Waals surface area contributed by atoms with Gasteiger partial charge in [0.2, 0.25) is 0 Å². The number of benzene rings is 4. The van der Waals surface area contributed by atoms with Gasteiger partial charge in [0, 0.05) is 5.69 Å². The van der Waals surface area contributed by atoms with Crippen LogP contribution in [0.4, 0.5) is 17.1 Å². The molecule has 0 saturated heterocycles. The molecule has 0 radical (unpaired) electrons. The van der Waals surface area contributed by atoms with E-state index in [4.69, 9.17) is 0 Å². The van der Waals surface area contributed by atoms with Crippen molar-refractivity contribution in [1.29, 1.82) is 0 Å². The number of hydrogen-bond acceptors (Lipinski definition) is 1. The zero-order valence-electron chi connectivity index (χ0n) is 23.9. The zero-order chi connectivity index (χ0) is 27.6. The van der Waals surface area contributed by atoms with Crippen molar-refractivity contribution >= 4 is 28.2 Å².